The van der Waals surface area contributed by atoms with Gasteiger partial charge < -0.3 is 30.4 Å². The predicted molar refractivity (Wildman–Crippen MR) is 123 cm³/mol. The van der Waals surface area contributed by atoms with Crippen molar-refractivity contribution in [1.82, 2.24) is 20.6 Å². The Morgan fingerprint density at radius 1 is 1.28 bits per heavy atom. The number of aromatic nitrogens is 2. The van der Waals surface area contributed by atoms with Crippen LogP contribution in [0.15, 0.2) is 36.7 Å². The molecule has 166 valence electrons. The molecule has 2 aromatic heterocycles. The molecule has 2 aliphatic rings. The standard InChI is InChI=1S/C23H24ClN5O3/c1-31-22-15(24)3-2-4-17(22)29-21-19-16(7-10-27-23(19)30)28-20(21)14-6-8-25-11-18(14)32-12-13-5-9-26-13/h2-4,6,8,11,13,26,28-29H,5,7,9-10,12H2,1H3,(H,27,30). The van der Waals surface area contributed by atoms with Gasteiger partial charge in [-0.15, -0.1) is 0 Å². The first-order valence-corrected chi connectivity index (χ1v) is 11.0. The minimum Gasteiger partial charge on any atom is -0.493 e. The number of halogens is 1. The molecule has 1 atom stereocenters. The van der Waals surface area contributed by atoms with Crippen LogP contribution in [0, 0.1) is 0 Å². The molecule has 4 heterocycles. The summed E-state index contributed by atoms with van der Waals surface area (Å²) < 4.78 is 11.6. The predicted octanol–water partition coefficient (Wildman–Crippen LogP) is 3.51. The van der Waals surface area contributed by atoms with Crippen LogP contribution in [0.25, 0.3) is 11.3 Å². The lowest BCUT2D eigenvalue weighted by atomic mass is 10.0. The molecule has 1 unspecified atom stereocenters. The Bertz CT molecular complexity index is 1160. The highest BCUT2D eigenvalue weighted by Gasteiger charge is 2.29. The van der Waals surface area contributed by atoms with Gasteiger partial charge in [0.1, 0.15) is 12.4 Å². The van der Waals surface area contributed by atoms with Crippen molar-refractivity contribution in [3.8, 4) is 22.8 Å². The number of carbonyl (C=O) groups excluding carboxylic acids is 1. The highest BCUT2D eigenvalue weighted by molar-refractivity contribution is 6.32. The van der Waals surface area contributed by atoms with E-state index in [-0.39, 0.29) is 5.91 Å². The van der Waals surface area contributed by atoms with E-state index in [1.165, 1.54) is 0 Å². The minimum atomic E-state index is -0.132. The molecule has 0 spiro atoms. The zero-order chi connectivity index (χ0) is 22.1. The molecule has 0 bridgehead atoms. The van der Waals surface area contributed by atoms with E-state index in [0.29, 0.717) is 59.1 Å². The molecule has 1 aromatic carbocycles. The van der Waals surface area contributed by atoms with E-state index in [2.05, 4.69) is 25.9 Å². The summed E-state index contributed by atoms with van der Waals surface area (Å²) in [6, 6.07) is 7.69. The molecule has 1 amide bonds. The van der Waals surface area contributed by atoms with Gasteiger partial charge >= 0.3 is 0 Å². The van der Waals surface area contributed by atoms with E-state index < -0.39 is 0 Å². The second-order valence-electron chi connectivity index (χ2n) is 7.80. The molecule has 1 fully saturated rings. The monoisotopic (exact) mass is 453 g/mol. The molecule has 8 nitrogen and oxygen atoms in total. The van der Waals surface area contributed by atoms with Gasteiger partial charge in [0.15, 0.2) is 5.75 Å². The zero-order valence-electron chi connectivity index (χ0n) is 17.6. The molecule has 0 radical (unpaired) electrons. The number of ether oxygens (including phenoxy) is 2. The number of anilines is 2. The number of fused-ring (bicyclic) bond motifs is 1. The van der Waals surface area contributed by atoms with Crippen molar-refractivity contribution in [2.75, 3.05) is 32.1 Å². The van der Waals surface area contributed by atoms with E-state index in [0.717, 1.165) is 29.9 Å². The van der Waals surface area contributed by atoms with E-state index in [4.69, 9.17) is 21.1 Å². The van der Waals surface area contributed by atoms with E-state index in [1.807, 2.05) is 18.2 Å². The number of benzene rings is 1. The van der Waals surface area contributed by atoms with E-state index >= 15 is 0 Å². The van der Waals surface area contributed by atoms with Crippen LogP contribution in [0.3, 0.4) is 0 Å². The average molecular weight is 454 g/mol. The molecular weight excluding hydrogens is 430 g/mol. The van der Waals surface area contributed by atoms with Crippen LogP contribution in [-0.4, -0.2) is 48.7 Å². The number of rotatable bonds is 7. The van der Waals surface area contributed by atoms with Gasteiger partial charge in [0, 0.05) is 36.5 Å². The molecule has 0 aliphatic carbocycles. The van der Waals surface area contributed by atoms with Crippen LogP contribution in [0.4, 0.5) is 11.4 Å². The number of hydrogen-bond acceptors (Lipinski definition) is 6. The summed E-state index contributed by atoms with van der Waals surface area (Å²) in [5.74, 6) is 1.03. The summed E-state index contributed by atoms with van der Waals surface area (Å²) in [5.41, 5.74) is 4.35. The van der Waals surface area contributed by atoms with E-state index in [9.17, 15) is 4.79 Å². The molecular formula is C23H24ClN5O3. The highest BCUT2D eigenvalue weighted by atomic mass is 35.5. The Labute approximate surface area is 190 Å². The fourth-order valence-electron chi connectivity index (χ4n) is 4.04. The maximum Gasteiger partial charge on any atom is 0.255 e. The lowest BCUT2D eigenvalue weighted by Gasteiger charge is -2.27. The van der Waals surface area contributed by atoms with Crippen LogP contribution >= 0.6 is 11.6 Å². The van der Waals surface area contributed by atoms with Gasteiger partial charge in [-0.3, -0.25) is 9.78 Å². The Morgan fingerprint density at radius 2 is 2.16 bits per heavy atom. The molecule has 32 heavy (non-hydrogen) atoms. The number of H-pyrrole nitrogens is 1. The molecule has 5 rings (SSSR count). The molecule has 1 saturated heterocycles. The second-order valence-corrected chi connectivity index (χ2v) is 8.21. The fraction of sp³-hybridized carbons (Fsp3) is 0.304. The first kappa shape index (κ1) is 20.7. The van der Waals surface area contributed by atoms with Gasteiger partial charge in [0.05, 0.1) is 41.0 Å². The number of nitrogens with zero attached hydrogens (tertiary/aromatic N) is 1. The molecule has 9 heteroatoms. The average Bonchev–Trinajstić information content (AvgIpc) is 3.12. The number of para-hydroxylation sites is 1. The van der Waals surface area contributed by atoms with Gasteiger partial charge in [0.2, 0.25) is 0 Å². The maximum absolute atomic E-state index is 12.8. The molecule has 4 N–H and O–H groups in total. The number of carbonyl (C=O) groups is 1. The quantitative estimate of drug-likeness (QED) is 0.437. The fourth-order valence-corrected chi connectivity index (χ4v) is 4.29. The van der Waals surface area contributed by atoms with Gasteiger partial charge in [-0.05, 0) is 31.2 Å². The summed E-state index contributed by atoms with van der Waals surface area (Å²) in [6.45, 7) is 2.16. The van der Waals surface area contributed by atoms with Crippen molar-refractivity contribution >= 4 is 28.9 Å². The third kappa shape index (κ3) is 3.76. The SMILES string of the molecule is COc1c(Cl)cccc1Nc1c(-c2ccncc2OCC2CCN2)[nH]c2c1C(=O)NCC2. The number of aromatic amines is 1. The summed E-state index contributed by atoms with van der Waals surface area (Å²) in [6.07, 6.45) is 5.22. The molecule has 3 aromatic rings. The molecule has 0 saturated carbocycles. The zero-order valence-corrected chi connectivity index (χ0v) is 18.4. The lowest BCUT2D eigenvalue weighted by Crippen LogP contribution is -2.46. The van der Waals surface area contributed by atoms with Crippen molar-refractivity contribution in [3.05, 3.63) is 52.9 Å². The Kier molecular flexibility index (Phi) is 5.63. The van der Waals surface area contributed by atoms with Crippen LogP contribution in [-0.2, 0) is 6.42 Å². The Hall–Kier alpha value is -3.23. The van der Waals surface area contributed by atoms with E-state index in [1.54, 1.807) is 25.6 Å². The van der Waals surface area contributed by atoms with Crippen molar-refractivity contribution in [2.24, 2.45) is 0 Å². The number of amides is 1. The van der Waals surface area contributed by atoms with Gasteiger partial charge in [-0.2, -0.15) is 0 Å². The van der Waals surface area contributed by atoms with Crippen LogP contribution in [0.1, 0.15) is 22.5 Å². The van der Waals surface area contributed by atoms with Crippen LogP contribution in [0.2, 0.25) is 5.02 Å². The van der Waals surface area contributed by atoms with Crippen molar-refractivity contribution in [2.45, 2.75) is 18.9 Å². The number of nitrogens with one attached hydrogen (secondary N) is 4. The van der Waals surface area contributed by atoms with Crippen LogP contribution < -0.4 is 25.4 Å². The highest BCUT2D eigenvalue weighted by Crippen LogP contribution is 2.42. The lowest BCUT2D eigenvalue weighted by molar-refractivity contribution is 0.0947. The normalized spacial score (nSPS) is 17.2. The van der Waals surface area contributed by atoms with Gasteiger partial charge in [0.25, 0.3) is 5.91 Å². The summed E-state index contributed by atoms with van der Waals surface area (Å²) >= 11 is 6.33. The Balaban J connectivity index is 1.60. The topological polar surface area (TPSA) is 100 Å². The molecule has 2 aliphatic heterocycles. The first-order chi connectivity index (χ1) is 15.7. The van der Waals surface area contributed by atoms with Crippen molar-refractivity contribution < 1.29 is 14.3 Å². The summed E-state index contributed by atoms with van der Waals surface area (Å²) in [5, 5.41) is 10.1. The third-order valence-electron chi connectivity index (χ3n) is 5.82. The summed E-state index contributed by atoms with van der Waals surface area (Å²) in [4.78, 5) is 20.5. The summed E-state index contributed by atoms with van der Waals surface area (Å²) in [7, 11) is 1.57. The van der Waals surface area contributed by atoms with Gasteiger partial charge in [-0.1, -0.05) is 17.7 Å². The number of pyridine rings is 1. The first-order valence-electron chi connectivity index (χ1n) is 10.6. The minimum absolute atomic E-state index is 0.132. The maximum atomic E-state index is 12.8. The van der Waals surface area contributed by atoms with Crippen LogP contribution in [0.5, 0.6) is 11.5 Å². The smallest absolute Gasteiger partial charge is 0.255 e. The second kappa shape index (κ2) is 8.72. The largest absolute Gasteiger partial charge is 0.493 e. The number of methoxy groups -OCH3 is 1. The van der Waals surface area contributed by atoms with Gasteiger partial charge in [-0.25, -0.2) is 0 Å². The Morgan fingerprint density at radius 3 is 2.94 bits per heavy atom. The number of hydrogen-bond donors (Lipinski definition) is 4. The third-order valence-corrected chi connectivity index (χ3v) is 6.11. The van der Waals surface area contributed by atoms with Crippen molar-refractivity contribution in [3.63, 3.8) is 0 Å². The van der Waals surface area contributed by atoms with Crippen molar-refractivity contribution in [1.29, 1.82) is 0 Å².